The second-order valence-corrected chi connectivity index (χ2v) is 4.45. The van der Waals surface area contributed by atoms with Crippen LogP contribution in [0.2, 0.25) is 0 Å². The zero-order valence-electron chi connectivity index (χ0n) is 10.3. The standard InChI is InChI=1S/C12H12ClFN4O/c1-8(13)7-18-12(15-16-17-18)6-9-3-4-11(19-2)10(14)5-9/h3-5H,1,6-7H2,2H3. The Bertz CT molecular complexity index is 599. The molecule has 0 saturated heterocycles. The van der Waals surface area contributed by atoms with Crippen molar-refractivity contribution in [2.24, 2.45) is 0 Å². The number of hydrogen-bond donors (Lipinski definition) is 0. The minimum Gasteiger partial charge on any atom is -0.494 e. The number of aromatic nitrogens is 4. The quantitative estimate of drug-likeness (QED) is 0.843. The van der Waals surface area contributed by atoms with E-state index < -0.39 is 5.82 Å². The first-order valence-corrected chi connectivity index (χ1v) is 5.88. The maximum absolute atomic E-state index is 13.6. The van der Waals surface area contributed by atoms with Gasteiger partial charge in [0.25, 0.3) is 0 Å². The van der Waals surface area contributed by atoms with Crippen LogP contribution in [0.4, 0.5) is 4.39 Å². The molecule has 0 bridgehead atoms. The molecule has 2 rings (SSSR count). The zero-order valence-corrected chi connectivity index (χ0v) is 11.1. The van der Waals surface area contributed by atoms with Gasteiger partial charge in [0.1, 0.15) is 0 Å². The van der Waals surface area contributed by atoms with Gasteiger partial charge in [-0.15, -0.1) is 5.10 Å². The van der Waals surface area contributed by atoms with E-state index in [-0.39, 0.29) is 5.75 Å². The van der Waals surface area contributed by atoms with Gasteiger partial charge in [-0.3, -0.25) is 0 Å². The number of tetrazole rings is 1. The molecule has 1 heterocycles. The summed E-state index contributed by atoms with van der Waals surface area (Å²) in [5.74, 6) is 0.379. The number of ether oxygens (including phenoxy) is 1. The fourth-order valence-electron chi connectivity index (χ4n) is 1.64. The van der Waals surface area contributed by atoms with Crippen molar-refractivity contribution in [2.75, 3.05) is 7.11 Å². The third kappa shape index (κ3) is 3.29. The van der Waals surface area contributed by atoms with Crippen LogP contribution >= 0.6 is 11.6 Å². The summed E-state index contributed by atoms with van der Waals surface area (Å²) >= 11 is 5.72. The average Bonchev–Trinajstić information content (AvgIpc) is 2.76. The lowest BCUT2D eigenvalue weighted by atomic mass is 10.1. The summed E-state index contributed by atoms with van der Waals surface area (Å²) in [6.45, 7) is 3.91. The third-order valence-electron chi connectivity index (χ3n) is 2.51. The van der Waals surface area contributed by atoms with E-state index in [0.29, 0.717) is 23.8 Å². The number of rotatable bonds is 5. The largest absolute Gasteiger partial charge is 0.494 e. The minimum atomic E-state index is -0.416. The second-order valence-electron chi connectivity index (χ2n) is 3.92. The topological polar surface area (TPSA) is 52.8 Å². The molecule has 0 saturated carbocycles. The molecular weight excluding hydrogens is 271 g/mol. The Morgan fingerprint density at radius 2 is 2.32 bits per heavy atom. The van der Waals surface area contributed by atoms with E-state index >= 15 is 0 Å². The van der Waals surface area contributed by atoms with E-state index in [9.17, 15) is 4.39 Å². The van der Waals surface area contributed by atoms with Crippen LogP contribution in [0.15, 0.2) is 29.8 Å². The van der Waals surface area contributed by atoms with E-state index in [4.69, 9.17) is 16.3 Å². The van der Waals surface area contributed by atoms with Gasteiger partial charge in [-0.2, -0.15) is 0 Å². The maximum Gasteiger partial charge on any atom is 0.165 e. The van der Waals surface area contributed by atoms with Crippen LogP contribution in [0.3, 0.4) is 0 Å². The predicted molar refractivity (Wildman–Crippen MR) is 68.6 cm³/mol. The highest BCUT2D eigenvalue weighted by molar-refractivity contribution is 6.29. The van der Waals surface area contributed by atoms with Crippen molar-refractivity contribution >= 4 is 11.6 Å². The molecule has 5 nitrogen and oxygen atoms in total. The van der Waals surface area contributed by atoms with Crippen LogP contribution < -0.4 is 4.74 Å². The average molecular weight is 283 g/mol. The van der Waals surface area contributed by atoms with Crippen molar-refractivity contribution in [3.05, 3.63) is 47.0 Å². The Morgan fingerprint density at radius 3 is 2.95 bits per heavy atom. The molecule has 100 valence electrons. The van der Waals surface area contributed by atoms with E-state index in [1.165, 1.54) is 17.9 Å². The Balaban J connectivity index is 2.19. The van der Waals surface area contributed by atoms with Gasteiger partial charge < -0.3 is 4.74 Å². The molecule has 0 spiro atoms. The Kier molecular flexibility index (Phi) is 4.11. The number of benzene rings is 1. The fraction of sp³-hybridized carbons (Fsp3) is 0.250. The predicted octanol–water partition coefficient (Wildman–Crippen LogP) is 2.16. The zero-order chi connectivity index (χ0) is 13.8. The molecule has 0 unspecified atom stereocenters. The van der Waals surface area contributed by atoms with Gasteiger partial charge in [-0.05, 0) is 28.1 Å². The molecule has 19 heavy (non-hydrogen) atoms. The van der Waals surface area contributed by atoms with E-state index in [0.717, 1.165) is 5.56 Å². The molecule has 1 aromatic heterocycles. The third-order valence-corrected chi connectivity index (χ3v) is 2.63. The highest BCUT2D eigenvalue weighted by atomic mass is 35.5. The van der Waals surface area contributed by atoms with Crippen LogP contribution in [0.1, 0.15) is 11.4 Å². The minimum absolute atomic E-state index is 0.206. The fourth-order valence-corrected chi connectivity index (χ4v) is 1.75. The molecule has 0 atom stereocenters. The summed E-state index contributed by atoms with van der Waals surface area (Å²) in [7, 11) is 1.42. The maximum atomic E-state index is 13.6. The van der Waals surface area contributed by atoms with Crippen LogP contribution in [0.5, 0.6) is 5.75 Å². The summed E-state index contributed by atoms with van der Waals surface area (Å²) in [6, 6.07) is 4.73. The highest BCUT2D eigenvalue weighted by Crippen LogP contribution is 2.19. The number of nitrogens with zero attached hydrogens (tertiary/aromatic N) is 4. The van der Waals surface area contributed by atoms with Gasteiger partial charge in [0.05, 0.1) is 13.7 Å². The Morgan fingerprint density at radius 1 is 1.53 bits per heavy atom. The van der Waals surface area contributed by atoms with Crippen LogP contribution in [-0.2, 0) is 13.0 Å². The monoisotopic (exact) mass is 282 g/mol. The van der Waals surface area contributed by atoms with Crippen LogP contribution in [0.25, 0.3) is 0 Å². The van der Waals surface area contributed by atoms with Crippen molar-refractivity contribution < 1.29 is 9.13 Å². The molecule has 0 N–H and O–H groups in total. The Labute approximate surface area is 114 Å². The first-order valence-electron chi connectivity index (χ1n) is 5.51. The SMILES string of the molecule is C=C(Cl)Cn1nnnc1Cc1ccc(OC)c(F)c1. The normalized spacial score (nSPS) is 10.5. The number of hydrogen-bond acceptors (Lipinski definition) is 4. The molecule has 0 radical (unpaired) electrons. The molecule has 2 aromatic rings. The summed E-state index contributed by atoms with van der Waals surface area (Å²) < 4.78 is 20.0. The van der Waals surface area contributed by atoms with Crippen LogP contribution in [0, 0.1) is 5.82 Å². The first kappa shape index (κ1) is 13.5. The van der Waals surface area contributed by atoms with E-state index in [1.807, 2.05) is 0 Å². The van der Waals surface area contributed by atoms with Gasteiger partial charge in [0.2, 0.25) is 0 Å². The summed E-state index contributed by atoms with van der Waals surface area (Å²) in [6.07, 6.45) is 0.401. The smallest absolute Gasteiger partial charge is 0.165 e. The molecule has 0 aliphatic heterocycles. The summed E-state index contributed by atoms with van der Waals surface area (Å²) in [4.78, 5) is 0. The van der Waals surface area contributed by atoms with Crippen LogP contribution in [-0.4, -0.2) is 27.3 Å². The lowest BCUT2D eigenvalue weighted by molar-refractivity contribution is 0.386. The Hall–Kier alpha value is -1.95. The molecule has 0 fully saturated rings. The van der Waals surface area contributed by atoms with E-state index in [2.05, 4.69) is 22.1 Å². The summed E-state index contributed by atoms with van der Waals surface area (Å²) in [5, 5.41) is 11.7. The lowest BCUT2D eigenvalue weighted by Crippen LogP contribution is -2.06. The highest BCUT2D eigenvalue weighted by Gasteiger charge is 2.10. The van der Waals surface area contributed by atoms with Crippen molar-refractivity contribution in [2.45, 2.75) is 13.0 Å². The number of allylic oxidation sites excluding steroid dienone is 1. The van der Waals surface area contributed by atoms with Crippen molar-refractivity contribution in [3.8, 4) is 5.75 Å². The molecule has 0 aliphatic carbocycles. The molecule has 7 heteroatoms. The van der Waals surface area contributed by atoms with Gasteiger partial charge in [0.15, 0.2) is 17.4 Å². The summed E-state index contributed by atoms with van der Waals surface area (Å²) in [5.41, 5.74) is 0.745. The second kappa shape index (κ2) is 5.79. The molecule has 0 amide bonds. The lowest BCUT2D eigenvalue weighted by Gasteiger charge is -2.06. The molecular formula is C12H12ClFN4O. The van der Waals surface area contributed by atoms with Crippen molar-refractivity contribution in [1.82, 2.24) is 20.2 Å². The molecule has 0 aliphatic rings. The van der Waals surface area contributed by atoms with Gasteiger partial charge in [-0.1, -0.05) is 24.2 Å². The van der Waals surface area contributed by atoms with Gasteiger partial charge in [-0.25, -0.2) is 9.07 Å². The number of methoxy groups -OCH3 is 1. The van der Waals surface area contributed by atoms with E-state index in [1.54, 1.807) is 12.1 Å². The van der Waals surface area contributed by atoms with Crippen molar-refractivity contribution in [1.29, 1.82) is 0 Å². The first-order chi connectivity index (χ1) is 9.10. The van der Waals surface area contributed by atoms with Gasteiger partial charge >= 0.3 is 0 Å². The van der Waals surface area contributed by atoms with Crippen molar-refractivity contribution in [3.63, 3.8) is 0 Å². The van der Waals surface area contributed by atoms with Gasteiger partial charge in [0, 0.05) is 11.5 Å². The number of halogens is 2. The molecule has 1 aromatic carbocycles.